The van der Waals surface area contributed by atoms with Gasteiger partial charge in [-0.25, -0.2) is 4.79 Å². The van der Waals surface area contributed by atoms with Crippen LogP contribution in [0.5, 0.6) is 0 Å². The van der Waals surface area contributed by atoms with Gasteiger partial charge >= 0.3 is 5.97 Å². The van der Waals surface area contributed by atoms with E-state index in [1.807, 2.05) is 37.0 Å². The number of carbonyl (C=O) groups excluding carboxylic acids is 2. The van der Waals surface area contributed by atoms with E-state index in [0.717, 1.165) is 55.5 Å². The Balaban J connectivity index is 1.85. The smallest absolute Gasteiger partial charge is 0.338 e. The minimum atomic E-state index is -0.311. The van der Waals surface area contributed by atoms with Gasteiger partial charge < -0.3 is 14.5 Å². The van der Waals surface area contributed by atoms with Gasteiger partial charge in [0.1, 0.15) is 0 Å². The van der Waals surface area contributed by atoms with Gasteiger partial charge in [-0.05, 0) is 76.5 Å². The Hall–Kier alpha value is -2.89. The van der Waals surface area contributed by atoms with Crippen molar-refractivity contribution in [2.75, 3.05) is 26.3 Å². The van der Waals surface area contributed by atoms with Crippen molar-refractivity contribution in [2.45, 2.75) is 65.7 Å². The molecule has 0 atom stereocenters. The summed E-state index contributed by atoms with van der Waals surface area (Å²) in [6.07, 6.45) is 12.4. The molecule has 1 aromatic rings. The zero-order valence-corrected chi connectivity index (χ0v) is 20.2. The fourth-order valence-corrected chi connectivity index (χ4v) is 4.39. The summed E-state index contributed by atoms with van der Waals surface area (Å²) in [6.45, 7) is 7.89. The summed E-state index contributed by atoms with van der Waals surface area (Å²) in [5, 5.41) is 4.34. The lowest BCUT2D eigenvalue weighted by Gasteiger charge is -2.26. The molecule has 0 bridgehead atoms. The lowest BCUT2D eigenvalue weighted by molar-refractivity contribution is -0.137. The molecule has 0 unspecified atom stereocenters. The van der Waals surface area contributed by atoms with Crippen LogP contribution in [-0.4, -0.2) is 48.8 Å². The molecular formula is C27H36N2O4. The summed E-state index contributed by atoms with van der Waals surface area (Å²) in [5.74, 6) is -0.337. The van der Waals surface area contributed by atoms with Gasteiger partial charge in [-0.1, -0.05) is 40.6 Å². The van der Waals surface area contributed by atoms with E-state index in [2.05, 4.69) is 24.2 Å². The lowest BCUT2D eigenvalue weighted by Crippen LogP contribution is -2.37. The largest absolute Gasteiger partial charge is 0.462 e. The molecule has 1 amide bonds. The number of hydrogen-bond acceptors (Lipinski definition) is 5. The number of fused-ring (bicyclic) bond motifs is 1. The summed E-state index contributed by atoms with van der Waals surface area (Å²) in [6, 6.07) is 4.00. The van der Waals surface area contributed by atoms with Crippen LogP contribution >= 0.6 is 0 Å². The van der Waals surface area contributed by atoms with Crippen LogP contribution in [0.3, 0.4) is 0 Å². The van der Waals surface area contributed by atoms with Crippen molar-refractivity contribution in [1.82, 2.24) is 4.90 Å². The van der Waals surface area contributed by atoms with Crippen LogP contribution in [0.25, 0.3) is 0 Å². The third-order valence-electron chi connectivity index (χ3n) is 6.02. The molecule has 0 N–H and O–H groups in total. The van der Waals surface area contributed by atoms with Gasteiger partial charge in [-0.2, -0.15) is 0 Å². The van der Waals surface area contributed by atoms with E-state index in [-0.39, 0.29) is 18.5 Å². The number of allylic oxidation sites excluding steroid dienone is 3. The molecule has 1 fully saturated rings. The zero-order chi connectivity index (χ0) is 23.6. The van der Waals surface area contributed by atoms with Crippen molar-refractivity contribution >= 4 is 17.6 Å². The Bertz CT molecular complexity index is 940. The van der Waals surface area contributed by atoms with Crippen LogP contribution in [0.15, 0.2) is 41.1 Å². The third-order valence-corrected chi connectivity index (χ3v) is 6.02. The van der Waals surface area contributed by atoms with Crippen LogP contribution in [0.4, 0.5) is 0 Å². The molecule has 0 radical (unpaired) electrons. The third kappa shape index (κ3) is 7.58. The molecule has 0 aliphatic carbocycles. The quantitative estimate of drug-likeness (QED) is 0.365. The molecule has 0 aromatic heterocycles. The van der Waals surface area contributed by atoms with Gasteiger partial charge in [0, 0.05) is 19.5 Å². The number of amides is 1. The minimum absolute atomic E-state index is 0.0264. The van der Waals surface area contributed by atoms with Gasteiger partial charge in [-0.3, -0.25) is 4.79 Å². The van der Waals surface area contributed by atoms with Crippen LogP contribution in [0, 0.1) is 13.8 Å². The Morgan fingerprint density at radius 3 is 2.64 bits per heavy atom. The Morgan fingerprint density at radius 1 is 1.09 bits per heavy atom. The zero-order valence-electron chi connectivity index (χ0n) is 20.2. The maximum atomic E-state index is 12.9. The molecule has 1 saturated heterocycles. The monoisotopic (exact) mass is 452 g/mol. The predicted molar refractivity (Wildman–Crippen MR) is 130 cm³/mol. The Kier molecular flexibility index (Phi) is 9.28. The molecule has 3 rings (SSSR count). The van der Waals surface area contributed by atoms with E-state index >= 15 is 0 Å². The fourth-order valence-electron chi connectivity index (χ4n) is 4.39. The van der Waals surface area contributed by atoms with Gasteiger partial charge in [0.2, 0.25) is 0 Å². The number of esters is 1. The Labute approximate surface area is 197 Å². The standard InChI is InChI=1S/C27H36N2O4/c1-20-11-7-4-5-10-14-32-27(31)26-22(3)15-21(2)16-23(26)18-24(17-20)28-33-19-25(30)29-12-8-6-9-13-29/h4-5,15-17H,6-14,18-19H2,1-3H3/b5-4+,20-17+,28-24-. The second-order valence-corrected chi connectivity index (χ2v) is 9.02. The number of piperidine rings is 1. The summed E-state index contributed by atoms with van der Waals surface area (Å²) in [4.78, 5) is 32.7. The molecule has 33 heavy (non-hydrogen) atoms. The average Bonchev–Trinajstić information content (AvgIpc) is 2.77. The molecule has 2 aliphatic heterocycles. The number of ether oxygens (including phenoxy) is 1. The van der Waals surface area contributed by atoms with Crippen LogP contribution in [0.2, 0.25) is 0 Å². The van der Waals surface area contributed by atoms with Gasteiger partial charge in [0.05, 0.1) is 17.9 Å². The minimum Gasteiger partial charge on any atom is -0.462 e. The number of aryl methyl sites for hydroxylation is 2. The molecule has 0 spiro atoms. The number of benzene rings is 1. The maximum absolute atomic E-state index is 12.9. The highest BCUT2D eigenvalue weighted by atomic mass is 16.6. The molecule has 2 aliphatic rings. The normalized spacial score (nSPS) is 21.9. The summed E-state index contributed by atoms with van der Waals surface area (Å²) in [7, 11) is 0. The van der Waals surface area contributed by atoms with Gasteiger partial charge in [-0.15, -0.1) is 0 Å². The molecule has 6 nitrogen and oxygen atoms in total. The topological polar surface area (TPSA) is 68.2 Å². The number of cyclic esters (lactones) is 1. The van der Waals surface area contributed by atoms with Crippen LogP contribution in [0.1, 0.15) is 72.5 Å². The van der Waals surface area contributed by atoms with Crippen LogP contribution < -0.4 is 0 Å². The van der Waals surface area contributed by atoms with Crippen molar-refractivity contribution in [1.29, 1.82) is 0 Å². The number of rotatable bonds is 3. The van der Waals surface area contributed by atoms with Gasteiger partial charge in [0.25, 0.3) is 5.91 Å². The second-order valence-electron chi connectivity index (χ2n) is 9.02. The van der Waals surface area contributed by atoms with E-state index in [4.69, 9.17) is 9.57 Å². The predicted octanol–water partition coefficient (Wildman–Crippen LogP) is 5.07. The highest BCUT2D eigenvalue weighted by molar-refractivity contribution is 6.00. The molecule has 1 aromatic carbocycles. The summed E-state index contributed by atoms with van der Waals surface area (Å²) >= 11 is 0. The average molecular weight is 453 g/mol. The number of oxime groups is 1. The lowest BCUT2D eigenvalue weighted by atomic mass is 9.94. The second kappa shape index (κ2) is 12.4. The first kappa shape index (κ1) is 24.7. The van der Waals surface area contributed by atoms with Crippen molar-refractivity contribution in [3.05, 3.63) is 58.2 Å². The molecule has 2 heterocycles. The van der Waals surface area contributed by atoms with Gasteiger partial charge in [0.15, 0.2) is 6.61 Å². The Morgan fingerprint density at radius 2 is 1.85 bits per heavy atom. The summed E-state index contributed by atoms with van der Waals surface area (Å²) < 4.78 is 5.54. The number of likely N-dealkylation sites (tertiary alicyclic amines) is 1. The molecular weight excluding hydrogens is 416 g/mol. The maximum Gasteiger partial charge on any atom is 0.338 e. The molecule has 0 saturated carbocycles. The SMILES string of the molecule is C/C1=C\C(=N\OCC(=O)N2CCCCC2)Cc2cc(C)cc(C)c2C(=O)OCC/C=C/CC1. The van der Waals surface area contributed by atoms with E-state index in [1.165, 1.54) is 12.0 Å². The van der Waals surface area contributed by atoms with E-state index in [0.29, 0.717) is 30.7 Å². The number of carbonyl (C=O) groups is 2. The van der Waals surface area contributed by atoms with E-state index in [1.54, 1.807) is 0 Å². The number of hydrogen-bond donors (Lipinski definition) is 0. The fraction of sp³-hybridized carbons (Fsp3) is 0.519. The first-order valence-corrected chi connectivity index (χ1v) is 12.0. The first-order chi connectivity index (χ1) is 15.9. The highest BCUT2D eigenvalue weighted by Gasteiger charge is 2.19. The van der Waals surface area contributed by atoms with Crippen molar-refractivity contribution in [2.24, 2.45) is 5.16 Å². The van der Waals surface area contributed by atoms with Crippen molar-refractivity contribution in [3.8, 4) is 0 Å². The van der Waals surface area contributed by atoms with Crippen molar-refractivity contribution < 1.29 is 19.2 Å². The highest BCUT2D eigenvalue weighted by Crippen LogP contribution is 2.21. The summed E-state index contributed by atoms with van der Waals surface area (Å²) in [5.41, 5.74) is 5.28. The van der Waals surface area contributed by atoms with E-state index in [9.17, 15) is 9.59 Å². The molecule has 178 valence electrons. The van der Waals surface area contributed by atoms with Crippen LogP contribution in [-0.2, 0) is 20.8 Å². The van der Waals surface area contributed by atoms with Crippen molar-refractivity contribution in [3.63, 3.8) is 0 Å². The number of nitrogens with zero attached hydrogens (tertiary/aromatic N) is 2. The van der Waals surface area contributed by atoms with E-state index < -0.39 is 0 Å². The molecule has 6 heteroatoms. The first-order valence-electron chi connectivity index (χ1n) is 12.0.